The highest BCUT2D eigenvalue weighted by molar-refractivity contribution is 7.89. The molecule has 43 heavy (non-hydrogen) atoms. The van der Waals surface area contributed by atoms with Gasteiger partial charge < -0.3 is 14.5 Å². The summed E-state index contributed by atoms with van der Waals surface area (Å²) >= 11 is 0. The van der Waals surface area contributed by atoms with E-state index in [1.54, 1.807) is 24.6 Å². The van der Waals surface area contributed by atoms with Gasteiger partial charge in [-0.25, -0.2) is 18.1 Å². The number of benzene rings is 2. The summed E-state index contributed by atoms with van der Waals surface area (Å²) in [6, 6.07) is 12.7. The van der Waals surface area contributed by atoms with Gasteiger partial charge >= 0.3 is 0 Å². The van der Waals surface area contributed by atoms with E-state index in [9.17, 15) is 13.2 Å². The van der Waals surface area contributed by atoms with Crippen LogP contribution in [0.25, 0.3) is 16.9 Å². The molecule has 0 radical (unpaired) electrons. The molecule has 1 aliphatic heterocycles. The summed E-state index contributed by atoms with van der Waals surface area (Å²) in [4.78, 5) is 20.4. The van der Waals surface area contributed by atoms with Gasteiger partial charge in [0.15, 0.2) is 11.2 Å². The van der Waals surface area contributed by atoms with E-state index in [4.69, 9.17) is 14.5 Å². The van der Waals surface area contributed by atoms with Crippen molar-refractivity contribution >= 4 is 21.2 Å². The Labute approximate surface area is 246 Å². The monoisotopic (exact) mass is 606 g/mol. The van der Waals surface area contributed by atoms with Gasteiger partial charge in [-0.3, -0.25) is 4.79 Å². The van der Waals surface area contributed by atoms with E-state index in [1.807, 2.05) is 30.3 Å². The van der Waals surface area contributed by atoms with Crippen LogP contribution in [-0.4, -0.2) is 84.2 Å². The molecule has 1 aliphatic rings. The molecule has 0 atom stereocenters. The van der Waals surface area contributed by atoms with Gasteiger partial charge in [0.2, 0.25) is 10.0 Å². The lowest BCUT2D eigenvalue weighted by Gasteiger charge is -2.31. The molecule has 0 unspecified atom stereocenters. The number of aromatic nitrogens is 9. The first-order valence-corrected chi connectivity index (χ1v) is 15.4. The van der Waals surface area contributed by atoms with Gasteiger partial charge in [0, 0.05) is 31.1 Å². The zero-order valence-corrected chi connectivity index (χ0v) is 24.4. The molecule has 0 saturated carbocycles. The maximum atomic E-state index is 13.9. The number of piperidine rings is 1. The molecular weight excluding hydrogens is 576 g/mol. The second-order valence-electron chi connectivity index (χ2n) is 9.92. The highest BCUT2D eigenvalue weighted by atomic mass is 32.2. The molecule has 3 aromatic heterocycles. The predicted octanol–water partition coefficient (Wildman–Crippen LogP) is 1.90. The molecule has 2 aromatic carbocycles. The van der Waals surface area contributed by atoms with Gasteiger partial charge in [-0.05, 0) is 42.7 Å². The minimum absolute atomic E-state index is 0.00286. The Morgan fingerprint density at radius 1 is 1.00 bits per heavy atom. The number of nitrogens with zero attached hydrogens (tertiary/aromatic N) is 9. The van der Waals surface area contributed by atoms with Crippen molar-refractivity contribution in [2.75, 3.05) is 26.3 Å². The van der Waals surface area contributed by atoms with Crippen LogP contribution in [0.5, 0.6) is 11.5 Å². The van der Waals surface area contributed by atoms with Crippen LogP contribution in [0.2, 0.25) is 0 Å². The zero-order chi connectivity index (χ0) is 30.0. The van der Waals surface area contributed by atoms with Crippen molar-refractivity contribution in [3.8, 4) is 17.2 Å². The lowest BCUT2D eigenvalue weighted by molar-refractivity contribution is 0.304. The van der Waals surface area contributed by atoms with Crippen LogP contribution < -0.4 is 15.0 Å². The Bertz CT molecular complexity index is 1880. The summed E-state index contributed by atoms with van der Waals surface area (Å²) < 4.78 is 43.8. The van der Waals surface area contributed by atoms with E-state index >= 15 is 0 Å². The number of sulfonamides is 1. The molecule has 0 spiro atoms. The number of tetrazole rings is 1. The summed E-state index contributed by atoms with van der Waals surface area (Å²) in [5.74, 6) is 0.818. The number of fused-ring (bicyclic) bond motifs is 1. The number of ether oxygens (including phenoxy) is 2. The first kappa shape index (κ1) is 28.4. The fourth-order valence-electron chi connectivity index (χ4n) is 5.17. The van der Waals surface area contributed by atoms with Crippen molar-refractivity contribution in [2.24, 2.45) is 0 Å². The Balaban J connectivity index is 1.26. The number of hydrogen-bond acceptors (Lipinski definition) is 11. The zero-order valence-electron chi connectivity index (χ0n) is 23.6. The van der Waals surface area contributed by atoms with E-state index in [-0.39, 0.29) is 47.3 Å². The first-order valence-electron chi connectivity index (χ1n) is 13.9. The summed E-state index contributed by atoms with van der Waals surface area (Å²) in [6.07, 6.45) is 2.31. The van der Waals surface area contributed by atoms with Gasteiger partial charge in [-0.15, -0.1) is 10.2 Å². The van der Waals surface area contributed by atoms with Crippen molar-refractivity contribution in [1.82, 2.24) is 49.5 Å². The topological polar surface area (TPSA) is 176 Å². The lowest BCUT2D eigenvalue weighted by Crippen LogP contribution is -2.38. The largest absolute Gasteiger partial charge is 0.492 e. The van der Waals surface area contributed by atoms with Crippen molar-refractivity contribution < 1.29 is 17.9 Å². The second-order valence-corrected chi connectivity index (χ2v) is 11.8. The summed E-state index contributed by atoms with van der Waals surface area (Å²) in [7, 11) is -3.97. The van der Waals surface area contributed by atoms with Crippen LogP contribution >= 0.6 is 0 Å². The van der Waals surface area contributed by atoms with Gasteiger partial charge in [-0.1, -0.05) is 35.5 Å². The third-order valence-corrected chi connectivity index (χ3v) is 9.17. The molecule has 1 N–H and O–H groups in total. The fraction of sp³-hybridized carbons (Fsp3) is 0.370. The number of H-pyrrole nitrogens is 1. The second kappa shape index (κ2) is 11.9. The summed E-state index contributed by atoms with van der Waals surface area (Å²) in [5.41, 5.74) is 1.64. The number of hydrogen-bond donors (Lipinski definition) is 1. The number of nitrogens with one attached hydrogen (secondary N) is 1. The maximum Gasteiger partial charge on any atom is 0.281 e. The van der Waals surface area contributed by atoms with Gasteiger partial charge in [0.25, 0.3) is 5.56 Å². The number of rotatable bonds is 10. The molecule has 1 saturated heterocycles. The molecule has 0 amide bonds. The Morgan fingerprint density at radius 3 is 2.44 bits per heavy atom. The van der Waals surface area contributed by atoms with Crippen LogP contribution in [0.15, 0.2) is 58.5 Å². The molecule has 5 aromatic rings. The molecule has 15 nitrogen and oxygen atoms in total. The van der Waals surface area contributed by atoms with E-state index in [1.165, 1.54) is 21.4 Å². The molecule has 0 bridgehead atoms. The third-order valence-electron chi connectivity index (χ3n) is 7.25. The third kappa shape index (κ3) is 5.58. The maximum absolute atomic E-state index is 13.9. The van der Waals surface area contributed by atoms with Crippen molar-refractivity contribution in [1.29, 1.82) is 0 Å². The first-order chi connectivity index (χ1) is 20.9. The fourth-order valence-corrected chi connectivity index (χ4v) is 6.77. The van der Waals surface area contributed by atoms with E-state index in [0.29, 0.717) is 48.9 Å². The average Bonchev–Trinajstić information content (AvgIpc) is 3.70. The molecule has 0 aliphatic carbocycles. The molecule has 6 rings (SSSR count). The minimum Gasteiger partial charge on any atom is -0.492 e. The van der Waals surface area contributed by atoms with Crippen LogP contribution in [0, 0.1) is 0 Å². The van der Waals surface area contributed by atoms with Crippen molar-refractivity contribution in [2.45, 2.75) is 44.0 Å². The molecule has 4 heterocycles. The standard InChI is InChI=1S/C27H30N10O5S/c1-3-41-21-15-23(22(42-4-2)14-20(21)37-17-28-32-34-37)43(39,40)35-12-10-19(11-13-35)25-29-26-24(27(38)30-25)31-33-36(26)16-18-8-6-5-7-9-18/h5-9,14-15,17,19H,3-4,10-13,16H2,1-2H3,(H,29,30,38). The smallest absolute Gasteiger partial charge is 0.281 e. The lowest BCUT2D eigenvalue weighted by atomic mass is 9.97. The van der Waals surface area contributed by atoms with E-state index in [2.05, 4.69) is 30.8 Å². The van der Waals surface area contributed by atoms with Crippen molar-refractivity contribution in [3.63, 3.8) is 0 Å². The molecule has 224 valence electrons. The van der Waals surface area contributed by atoms with Crippen LogP contribution in [0.4, 0.5) is 0 Å². The number of aromatic amines is 1. The highest BCUT2D eigenvalue weighted by Gasteiger charge is 2.34. The highest BCUT2D eigenvalue weighted by Crippen LogP contribution is 2.37. The van der Waals surface area contributed by atoms with Gasteiger partial charge in [0.05, 0.1) is 19.8 Å². The van der Waals surface area contributed by atoms with Crippen LogP contribution in [0.3, 0.4) is 0 Å². The quantitative estimate of drug-likeness (QED) is 0.246. The van der Waals surface area contributed by atoms with E-state index in [0.717, 1.165) is 5.56 Å². The Morgan fingerprint density at radius 2 is 1.74 bits per heavy atom. The predicted molar refractivity (Wildman–Crippen MR) is 154 cm³/mol. The van der Waals surface area contributed by atoms with Crippen LogP contribution in [-0.2, 0) is 16.6 Å². The summed E-state index contributed by atoms with van der Waals surface area (Å²) in [5, 5.41) is 19.4. The molecule has 16 heteroatoms. The van der Waals surface area contributed by atoms with Gasteiger partial charge in [0.1, 0.15) is 34.2 Å². The summed E-state index contributed by atoms with van der Waals surface area (Å²) in [6.45, 7) is 5.01. The molecule has 1 fully saturated rings. The molecular formula is C27H30N10O5S. The normalized spacial score (nSPS) is 14.7. The minimum atomic E-state index is -3.97. The Kier molecular flexibility index (Phi) is 7.86. The van der Waals surface area contributed by atoms with E-state index < -0.39 is 10.0 Å². The van der Waals surface area contributed by atoms with Crippen molar-refractivity contribution in [3.05, 3.63) is 70.5 Å². The SMILES string of the molecule is CCOc1cc(S(=O)(=O)N2CCC(c3nc4c(nnn4Cc4ccccc4)c(=O)[nH]3)CC2)c(OCC)cc1-n1cnnn1. The van der Waals surface area contributed by atoms with Crippen LogP contribution in [0.1, 0.15) is 44.0 Å². The average molecular weight is 607 g/mol. The Hall–Kier alpha value is -4.70. The van der Waals surface area contributed by atoms with Gasteiger partial charge in [-0.2, -0.15) is 8.99 Å².